The SMILES string of the molecule is CC(C)(CCC(=O)O)NC(=O)N1CCCc2ccccc21. The van der Waals surface area contributed by atoms with E-state index in [0.717, 1.165) is 18.5 Å². The molecule has 5 heteroatoms. The predicted octanol–water partition coefficient (Wildman–Crippen LogP) is 2.79. The molecule has 0 bridgehead atoms. The Morgan fingerprint density at radius 1 is 1.33 bits per heavy atom. The Morgan fingerprint density at radius 3 is 2.76 bits per heavy atom. The van der Waals surface area contributed by atoms with E-state index in [-0.39, 0.29) is 12.5 Å². The van der Waals surface area contributed by atoms with Crippen LogP contribution in [0.15, 0.2) is 24.3 Å². The Kier molecular flexibility index (Phi) is 4.50. The van der Waals surface area contributed by atoms with Gasteiger partial charge in [0.15, 0.2) is 0 Å². The zero-order valence-electron chi connectivity index (χ0n) is 12.6. The van der Waals surface area contributed by atoms with Gasteiger partial charge in [-0.25, -0.2) is 4.79 Å². The molecule has 0 saturated heterocycles. The second kappa shape index (κ2) is 6.16. The van der Waals surface area contributed by atoms with Crippen molar-refractivity contribution >= 4 is 17.7 Å². The van der Waals surface area contributed by atoms with Crippen LogP contribution in [0.1, 0.15) is 38.7 Å². The Balaban J connectivity index is 2.06. The first-order valence-corrected chi connectivity index (χ1v) is 7.28. The molecule has 0 fully saturated rings. The third kappa shape index (κ3) is 3.97. The Morgan fingerprint density at radius 2 is 2.05 bits per heavy atom. The smallest absolute Gasteiger partial charge is 0.322 e. The second-order valence-electron chi connectivity index (χ2n) is 6.09. The summed E-state index contributed by atoms with van der Waals surface area (Å²) in [5.41, 5.74) is 1.60. The van der Waals surface area contributed by atoms with Crippen molar-refractivity contribution in [3.05, 3.63) is 29.8 Å². The maximum atomic E-state index is 12.5. The number of fused-ring (bicyclic) bond motifs is 1. The molecule has 0 aromatic heterocycles. The summed E-state index contributed by atoms with van der Waals surface area (Å²) in [6, 6.07) is 7.76. The molecule has 0 atom stereocenters. The van der Waals surface area contributed by atoms with Gasteiger partial charge >= 0.3 is 12.0 Å². The summed E-state index contributed by atoms with van der Waals surface area (Å²) in [7, 11) is 0. The van der Waals surface area contributed by atoms with Crippen LogP contribution in [0.25, 0.3) is 0 Å². The first-order valence-electron chi connectivity index (χ1n) is 7.28. The first kappa shape index (κ1) is 15.4. The van der Waals surface area contributed by atoms with Crippen LogP contribution in [0.3, 0.4) is 0 Å². The van der Waals surface area contributed by atoms with Crippen molar-refractivity contribution in [2.45, 2.75) is 45.1 Å². The Hall–Kier alpha value is -2.04. The number of carboxylic acids is 1. The zero-order valence-corrected chi connectivity index (χ0v) is 12.6. The fourth-order valence-corrected chi connectivity index (χ4v) is 2.58. The molecule has 0 radical (unpaired) electrons. The number of rotatable bonds is 4. The van der Waals surface area contributed by atoms with Gasteiger partial charge in [-0.05, 0) is 44.7 Å². The number of nitrogens with one attached hydrogen (secondary N) is 1. The lowest BCUT2D eigenvalue weighted by Gasteiger charge is -2.34. The molecular formula is C16H22N2O3. The van der Waals surface area contributed by atoms with E-state index >= 15 is 0 Å². The van der Waals surface area contributed by atoms with Crippen molar-refractivity contribution in [2.24, 2.45) is 0 Å². The van der Waals surface area contributed by atoms with E-state index in [1.165, 1.54) is 5.56 Å². The summed E-state index contributed by atoms with van der Waals surface area (Å²) in [5.74, 6) is -0.847. The molecule has 1 aliphatic heterocycles. The van der Waals surface area contributed by atoms with Crippen molar-refractivity contribution in [3.63, 3.8) is 0 Å². The molecular weight excluding hydrogens is 268 g/mol. The normalized spacial score (nSPS) is 14.5. The van der Waals surface area contributed by atoms with Crippen LogP contribution in [-0.2, 0) is 11.2 Å². The van der Waals surface area contributed by atoms with E-state index in [9.17, 15) is 9.59 Å². The second-order valence-corrected chi connectivity index (χ2v) is 6.09. The number of anilines is 1. The average molecular weight is 290 g/mol. The fourth-order valence-electron chi connectivity index (χ4n) is 2.58. The number of amides is 2. The number of urea groups is 1. The van der Waals surface area contributed by atoms with Crippen molar-refractivity contribution in [1.29, 1.82) is 0 Å². The fraction of sp³-hybridized carbons (Fsp3) is 0.500. The number of hydrogen-bond acceptors (Lipinski definition) is 2. The number of carbonyl (C=O) groups excluding carboxylic acids is 1. The molecule has 1 heterocycles. The first-order chi connectivity index (χ1) is 9.89. The summed E-state index contributed by atoms with van der Waals surface area (Å²) in [6.45, 7) is 4.39. The summed E-state index contributed by atoms with van der Waals surface area (Å²) in [6.07, 6.45) is 2.38. The highest BCUT2D eigenvalue weighted by molar-refractivity contribution is 5.93. The van der Waals surface area contributed by atoms with Crippen LogP contribution in [0.2, 0.25) is 0 Å². The zero-order chi connectivity index (χ0) is 15.5. The van der Waals surface area contributed by atoms with Gasteiger partial charge < -0.3 is 10.4 Å². The molecule has 0 unspecified atom stereocenters. The summed E-state index contributed by atoms with van der Waals surface area (Å²) in [5, 5.41) is 11.7. The van der Waals surface area contributed by atoms with Gasteiger partial charge in [0.1, 0.15) is 0 Å². The van der Waals surface area contributed by atoms with Crippen molar-refractivity contribution in [1.82, 2.24) is 5.32 Å². The third-order valence-corrected chi connectivity index (χ3v) is 3.76. The Bertz CT molecular complexity index is 540. The molecule has 0 aliphatic carbocycles. The van der Waals surface area contributed by atoms with Crippen molar-refractivity contribution in [2.75, 3.05) is 11.4 Å². The van der Waals surface area contributed by atoms with Crippen LogP contribution < -0.4 is 10.2 Å². The lowest BCUT2D eigenvalue weighted by Crippen LogP contribution is -2.51. The van der Waals surface area contributed by atoms with Crippen LogP contribution in [0.4, 0.5) is 10.5 Å². The number of para-hydroxylation sites is 1. The lowest BCUT2D eigenvalue weighted by atomic mass is 9.98. The highest BCUT2D eigenvalue weighted by Crippen LogP contribution is 2.27. The largest absolute Gasteiger partial charge is 0.481 e. The van der Waals surface area contributed by atoms with Gasteiger partial charge in [0.25, 0.3) is 0 Å². The summed E-state index contributed by atoms with van der Waals surface area (Å²) < 4.78 is 0. The van der Waals surface area contributed by atoms with Gasteiger partial charge in [0.05, 0.1) is 0 Å². The van der Waals surface area contributed by atoms with E-state index in [1.807, 2.05) is 38.1 Å². The van der Waals surface area contributed by atoms with Gasteiger partial charge in [-0.2, -0.15) is 0 Å². The topological polar surface area (TPSA) is 69.6 Å². The minimum Gasteiger partial charge on any atom is -0.481 e. The van der Waals surface area contributed by atoms with Crippen LogP contribution in [0, 0.1) is 0 Å². The van der Waals surface area contributed by atoms with Crippen LogP contribution >= 0.6 is 0 Å². The van der Waals surface area contributed by atoms with E-state index in [4.69, 9.17) is 5.11 Å². The lowest BCUT2D eigenvalue weighted by molar-refractivity contribution is -0.137. The molecule has 5 nitrogen and oxygen atoms in total. The minimum atomic E-state index is -0.847. The van der Waals surface area contributed by atoms with Gasteiger partial charge in [-0.15, -0.1) is 0 Å². The van der Waals surface area contributed by atoms with E-state index in [2.05, 4.69) is 5.32 Å². The number of carbonyl (C=O) groups is 2. The van der Waals surface area contributed by atoms with Crippen molar-refractivity contribution in [3.8, 4) is 0 Å². The quantitative estimate of drug-likeness (QED) is 0.896. The monoisotopic (exact) mass is 290 g/mol. The number of hydrogen-bond donors (Lipinski definition) is 2. The van der Waals surface area contributed by atoms with Gasteiger partial charge in [-0.3, -0.25) is 9.69 Å². The van der Waals surface area contributed by atoms with Crippen molar-refractivity contribution < 1.29 is 14.7 Å². The molecule has 21 heavy (non-hydrogen) atoms. The maximum Gasteiger partial charge on any atom is 0.322 e. The summed E-state index contributed by atoms with van der Waals surface area (Å²) in [4.78, 5) is 24.9. The van der Waals surface area contributed by atoms with E-state index in [0.29, 0.717) is 13.0 Å². The van der Waals surface area contributed by atoms with Crippen LogP contribution in [-0.4, -0.2) is 29.2 Å². The highest BCUT2D eigenvalue weighted by Gasteiger charge is 2.27. The molecule has 0 saturated carbocycles. The Labute approximate surface area is 125 Å². The number of aryl methyl sites for hydroxylation is 1. The summed E-state index contributed by atoms with van der Waals surface area (Å²) >= 11 is 0. The van der Waals surface area contributed by atoms with E-state index < -0.39 is 11.5 Å². The minimum absolute atomic E-state index is 0.0455. The predicted molar refractivity (Wildman–Crippen MR) is 81.6 cm³/mol. The maximum absolute atomic E-state index is 12.5. The number of nitrogens with zero attached hydrogens (tertiary/aromatic N) is 1. The average Bonchev–Trinajstić information content (AvgIpc) is 2.44. The molecule has 2 amide bonds. The standard InChI is InChI=1S/C16H22N2O3/c1-16(2,10-9-14(19)20)17-15(21)18-11-5-7-12-6-3-4-8-13(12)18/h3-4,6,8H,5,7,9-11H2,1-2H3,(H,17,21)(H,19,20). The third-order valence-electron chi connectivity index (χ3n) is 3.76. The van der Waals surface area contributed by atoms with Gasteiger partial charge in [-0.1, -0.05) is 18.2 Å². The van der Waals surface area contributed by atoms with Gasteiger partial charge in [0.2, 0.25) is 0 Å². The molecule has 1 aliphatic rings. The number of aliphatic carboxylic acids is 1. The number of benzene rings is 1. The number of carboxylic acid groups (broad SMARTS) is 1. The molecule has 2 rings (SSSR count). The van der Waals surface area contributed by atoms with E-state index in [1.54, 1.807) is 4.90 Å². The molecule has 0 spiro atoms. The molecule has 1 aromatic rings. The molecule has 114 valence electrons. The molecule has 2 N–H and O–H groups in total. The highest BCUT2D eigenvalue weighted by atomic mass is 16.4. The van der Waals surface area contributed by atoms with Gasteiger partial charge in [0, 0.05) is 24.2 Å². The molecule has 1 aromatic carbocycles. The van der Waals surface area contributed by atoms with Crippen LogP contribution in [0.5, 0.6) is 0 Å².